The van der Waals surface area contributed by atoms with E-state index in [4.69, 9.17) is 5.11 Å². The molecule has 0 heterocycles. The fourth-order valence-corrected chi connectivity index (χ4v) is 1.36. The molecule has 0 aromatic heterocycles. The van der Waals surface area contributed by atoms with Gasteiger partial charge in [-0.05, 0) is 36.5 Å². The Morgan fingerprint density at radius 1 is 1.42 bits per heavy atom. The Labute approximate surface area is 70.8 Å². The van der Waals surface area contributed by atoms with Crippen molar-refractivity contribution in [3.63, 3.8) is 0 Å². The predicted octanol–water partition coefficient (Wildman–Crippen LogP) is 2.81. The second kappa shape index (κ2) is 2.77. The van der Waals surface area contributed by atoms with E-state index in [0.29, 0.717) is 5.56 Å². The molecule has 0 bridgehead atoms. The first kappa shape index (κ1) is 7.59. The van der Waals surface area contributed by atoms with Crippen molar-refractivity contribution in [1.29, 1.82) is 0 Å². The zero-order chi connectivity index (χ0) is 8.55. The Kier molecular flexibility index (Phi) is 1.75. The van der Waals surface area contributed by atoms with Crippen LogP contribution in [0.4, 0.5) is 4.39 Å². The molecule has 1 aromatic carbocycles. The monoisotopic (exact) mass is 166 g/mol. The van der Waals surface area contributed by atoms with Crippen LogP contribution < -0.4 is 0 Å². The van der Waals surface area contributed by atoms with Crippen LogP contribution in [0.15, 0.2) is 24.3 Å². The Morgan fingerprint density at radius 3 is 2.75 bits per heavy atom. The van der Waals surface area contributed by atoms with Gasteiger partial charge < -0.3 is 5.11 Å². The van der Waals surface area contributed by atoms with Gasteiger partial charge in [0.05, 0.1) is 0 Å². The first-order valence-electron chi connectivity index (χ1n) is 4.20. The lowest BCUT2D eigenvalue weighted by molar-refractivity contribution is 0.304. The van der Waals surface area contributed by atoms with Crippen molar-refractivity contribution in [2.45, 2.75) is 19.0 Å². The Hall–Kier alpha value is -1.05. The molecule has 1 fully saturated rings. The highest BCUT2D eigenvalue weighted by Gasteiger charge is 2.32. The third kappa shape index (κ3) is 1.42. The minimum atomic E-state index is -0.878. The van der Waals surface area contributed by atoms with E-state index in [1.807, 2.05) is 0 Å². The molecule has 0 saturated heterocycles. The van der Waals surface area contributed by atoms with Crippen molar-refractivity contribution >= 4 is 0 Å². The molecule has 1 atom stereocenters. The molecule has 2 heteroatoms. The predicted molar refractivity (Wildman–Crippen MR) is 44.7 cm³/mol. The zero-order valence-electron chi connectivity index (χ0n) is 6.70. The van der Waals surface area contributed by atoms with E-state index in [1.165, 1.54) is 6.07 Å². The summed E-state index contributed by atoms with van der Waals surface area (Å²) in [5.74, 6) is 0.350. The third-order valence-corrected chi connectivity index (χ3v) is 2.22. The molecule has 1 nitrogen and oxygen atoms in total. The standard InChI is InChI=1S/C10H11FO/c11-10(7-4-5-7)8-2-1-3-9(12)6-8/h1-3,6-7,10,12H,4-5H2. The lowest BCUT2D eigenvalue weighted by Crippen LogP contribution is -1.92. The van der Waals surface area contributed by atoms with E-state index in [9.17, 15) is 4.39 Å². The Bertz CT molecular complexity index is 281. The molecule has 0 spiro atoms. The van der Waals surface area contributed by atoms with Crippen LogP contribution in [-0.4, -0.2) is 5.11 Å². The molecule has 1 N–H and O–H groups in total. The second-order valence-electron chi connectivity index (χ2n) is 3.33. The maximum absolute atomic E-state index is 13.4. The smallest absolute Gasteiger partial charge is 0.128 e. The summed E-state index contributed by atoms with van der Waals surface area (Å²) in [4.78, 5) is 0. The molecule has 1 saturated carbocycles. The maximum atomic E-state index is 13.4. The van der Waals surface area contributed by atoms with Gasteiger partial charge in [0.2, 0.25) is 0 Å². The average Bonchev–Trinajstić information content (AvgIpc) is 2.85. The van der Waals surface area contributed by atoms with Crippen LogP contribution in [0, 0.1) is 5.92 Å². The number of phenolic OH excluding ortho intramolecular Hbond substituents is 1. The van der Waals surface area contributed by atoms with Gasteiger partial charge in [0, 0.05) is 0 Å². The van der Waals surface area contributed by atoms with Gasteiger partial charge in [0.1, 0.15) is 11.9 Å². The van der Waals surface area contributed by atoms with E-state index >= 15 is 0 Å². The molecular formula is C10H11FO. The molecule has 12 heavy (non-hydrogen) atoms. The third-order valence-electron chi connectivity index (χ3n) is 2.22. The lowest BCUT2D eigenvalue weighted by Gasteiger charge is -2.06. The molecule has 0 radical (unpaired) electrons. The van der Waals surface area contributed by atoms with Crippen LogP contribution in [0.25, 0.3) is 0 Å². The van der Waals surface area contributed by atoms with Crippen LogP contribution in [0.2, 0.25) is 0 Å². The van der Waals surface area contributed by atoms with E-state index in [0.717, 1.165) is 12.8 Å². The summed E-state index contributed by atoms with van der Waals surface area (Å²) in [6, 6.07) is 6.47. The molecule has 0 amide bonds. The van der Waals surface area contributed by atoms with Crippen LogP contribution >= 0.6 is 0 Å². The van der Waals surface area contributed by atoms with Gasteiger partial charge in [0.25, 0.3) is 0 Å². The fraction of sp³-hybridized carbons (Fsp3) is 0.400. The van der Waals surface area contributed by atoms with Crippen LogP contribution in [-0.2, 0) is 0 Å². The van der Waals surface area contributed by atoms with E-state index in [1.54, 1.807) is 18.2 Å². The van der Waals surface area contributed by atoms with Crippen LogP contribution in [0.5, 0.6) is 5.75 Å². The van der Waals surface area contributed by atoms with Gasteiger partial charge in [-0.3, -0.25) is 0 Å². The van der Waals surface area contributed by atoms with Gasteiger partial charge in [-0.15, -0.1) is 0 Å². The highest BCUT2D eigenvalue weighted by atomic mass is 19.1. The quantitative estimate of drug-likeness (QED) is 0.716. The molecule has 64 valence electrons. The lowest BCUT2D eigenvalue weighted by atomic mass is 10.1. The highest BCUT2D eigenvalue weighted by Crippen LogP contribution is 2.43. The first-order valence-corrected chi connectivity index (χ1v) is 4.20. The van der Waals surface area contributed by atoms with Gasteiger partial charge in [-0.1, -0.05) is 12.1 Å². The molecule has 1 aliphatic carbocycles. The summed E-state index contributed by atoms with van der Waals surface area (Å²) >= 11 is 0. The number of hydrogen-bond acceptors (Lipinski definition) is 1. The first-order chi connectivity index (χ1) is 5.77. The summed E-state index contributed by atoms with van der Waals surface area (Å²) in [7, 11) is 0. The Balaban J connectivity index is 2.20. The number of hydrogen-bond donors (Lipinski definition) is 1. The van der Waals surface area contributed by atoms with E-state index < -0.39 is 6.17 Å². The SMILES string of the molecule is Oc1cccc(C(F)C2CC2)c1. The highest BCUT2D eigenvalue weighted by molar-refractivity contribution is 5.29. The Morgan fingerprint density at radius 2 is 2.17 bits per heavy atom. The molecular weight excluding hydrogens is 155 g/mol. The second-order valence-corrected chi connectivity index (χ2v) is 3.33. The van der Waals surface area contributed by atoms with Crippen molar-refractivity contribution in [1.82, 2.24) is 0 Å². The summed E-state index contributed by atoms with van der Waals surface area (Å²) in [5.41, 5.74) is 0.609. The van der Waals surface area contributed by atoms with Gasteiger partial charge in [-0.2, -0.15) is 0 Å². The van der Waals surface area contributed by atoms with Crippen molar-refractivity contribution in [3.8, 4) is 5.75 Å². The average molecular weight is 166 g/mol. The van der Waals surface area contributed by atoms with Gasteiger partial charge in [0.15, 0.2) is 0 Å². The van der Waals surface area contributed by atoms with E-state index in [-0.39, 0.29) is 11.7 Å². The number of phenols is 1. The van der Waals surface area contributed by atoms with Crippen LogP contribution in [0.1, 0.15) is 24.6 Å². The van der Waals surface area contributed by atoms with Crippen molar-refractivity contribution < 1.29 is 9.50 Å². The normalized spacial score (nSPS) is 19.1. The number of benzene rings is 1. The summed E-state index contributed by atoms with van der Waals surface area (Å²) in [6.45, 7) is 0. The minimum absolute atomic E-state index is 0.149. The maximum Gasteiger partial charge on any atom is 0.128 e. The van der Waals surface area contributed by atoms with Crippen molar-refractivity contribution in [3.05, 3.63) is 29.8 Å². The van der Waals surface area contributed by atoms with Crippen LogP contribution in [0.3, 0.4) is 0 Å². The van der Waals surface area contributed by atoms with Gasteiger partial charge in [-0.25, -0.2) is 4.39 Å². The molecule has 1 aromatic rings. The largest absolute Gasteiger partial charge is 0.508 e. The molecule has 2 rings (SSSR count). The molecule has 0 aliphatic heterocycles. The number of rotatable bonds is 2. The van der Waals surface area contributed by atoms with Crippen molar-refractivity contribution in [2.24, 2.45) is 5.92 Å². The summed E-state index contributed by atoms with van der Waals surface area (Å²) < 4.78 is 13.4. The summed E-state index contributed by atoms with van der Waals surface area (Å²) in [6.07, 6.45) is 1.09. The summed E-state index contributed by atoms with van der Waals surface area (Å²) in [5, 5.41) is 9.10. The number of aromatic hydroxyl groups is 1. The zero-order valence-corrected chi connectivity index (χ0v) is 6.70. The van der Waals surface area contributed by atoms with Gasteiger partial charge >= 0.3 is 0 Å². The topological polar surface area (TPSA) is 20.2 Å². The molecule has 1 unspecified atom stereocenters. The minimum Gasteiger partial charge on any atom is -0.508 e. The molecule has 1 aliphatic rings. The van der Waals surface area contributed by atoms with E-state index in [2.05, 4.69) is 0 Å². The number of halogens is 1. The fourth-order valence-electron chi connectivity index (χ4n) is 1.36. The van der Waals surface area contributed by atoms with Crippen molar-refractivity contribution in [2.75, 3.05) is 0 Å². The number of alkyl halides is 1.